The Hall–Kier alpha value is -2.85. The summed E-state index contributed by atoms with van der Waals surface area (Å²) in [5.41, 5.74) is 6.03. The summed E-state index contributed by atoms with van der Waals surface area (Å²) in [6.45, 7) is 4.57. The van der Waals surface area contributed by atoms with Crippen molar-refractivity contribution >= 4 is 54.5 Å². The van der Waals surface area contributed by atoms with Crippen LogP contribution in [0.3, 0.4) is 0 Å². The fraction of sp³-hybridized carbons (Fsp3) is 0.125. The fourth-order valence-corrected chi connectivity index (χ4v) is 13.4. The van der Waals surface area contributed by atoms with Gasteiger partial charge in [-0.3, -0.25) is 0 Å². The van der Waals surface area contributed by atoms with E-state index in [0.717, 1.165) is 16.8 Å². The van der Waals surface area contributed by atoms with E-state index >= 15 is 0 Å². The van der Waals surface area contributed by atoms with Crippen LogP contribution >= 0.6 is 0 Å². The molecule has 3 heterocycles. The molecule has 6 aromatic rings. The Labute approximate surface area is 228 Å². The Bertz CT molecular complexity index is 1690. The normalized spacial score (nSPS) is 13.0. The van der Waals surface area contributed by atoms with Crippen molar-refractivity contribution in [2.45, 2.75) is 25.4 Å². The second-order valence-corrected chi connectivity index (χ2v) is 18.8. The number of rotatable bonds is 1. The van der Waals surface area contributed by atoms with Crippen LogP contribution in [0.4, 0.5) is 0 Å². The summed E-state index contributed by atoms with van der Waals surface area (Å²) in [4.78, 5) is 8.93. The molecule has 0 fully saturated rings. The van der Waals surface area contributed by atoms with Gasteiger partial charge in [-0.25, -0.2) is 0 Å². The smallest absolute Gasteiger partial charge is 0.0160 e. The third-order valence-corrected chi connectivity index (χ3v) is 15.0. The molecular formula is C32H26GeIrN2-2. The molecule has 0 aliphatic carbocycles. The molecule has 2 aromatic heterocycles. The van der Waals surface area contributed by atoms with Gasteiger partial charge in [0.25, 0.3) is 0 Å². The van der Waals surface area contributed by atoms with Gasteiger partial charge < -0.3 is 4.98 Å². The van der Waals surface area contributed by atoms with Crippen LogP contribution in [0.15, 0.2) is 85.2 Å². The molecule has 1 aliphatic heterocycles. The number of benzene rings is 4. The molecule has 1 aliphatic rings. The van der Waals surface area contributed by atoms with Crippen molar-refractivity contribution in [3.8, 4) is 11.3 Å². The molecule has 0 unspecified atom stereocenters. The number of hydrogen-bond acceptors (Lipinski definition) is 2. The number of aromatic nitrogens is 2. The molecule has 0 saturated heterocycles. The van der Waals surface area contributed by atoms with Crippen molar-refractivity contribution < 1.29 is 20.1 Å². The molecule has 0 N–H and O–H groups in total. The van der Waals surface area contributed by atoms with E-state index in [0.29, 0.717) is 0 Å². The first kappa shape index (κ1) is 24.8. The Morgan fingerprint density at radius 3 is 2.31 bits per heavy atom. The van der Waals surface area contributed by atoms with E-state index in [-0.39, 0.29) is 20.1 Å². The number of nitrogens with zero attached hydrogens (tertiary/aromatic N) is 2. The zero-order valence-corrected chi connectivity index (χ0v) is 25.3. The molecule has 7 rings (SSSR count). The summed E-state index contributed by atoms with van der Waals surface area (Å²) in [5.74, 6) is 5.07. The van der Waals surface area contributed by atoms with E-state index in [9.17, 15) is 0 Å². The van der Waals surface area contributed by atoms with Crippen molar-refractivity contribution in [1.82, 2.24) is 9.97 Å². The minimum atomic E-state index is -2.26. The quantitative estimate of drug-likeness (QED) is 0.109. The summed E-state index contributed by atoms with van der Waals surface area (Å²) in [7, 11) is 0. The van der Waals surface area contributed by atoms with Gasteiger partial charge in [0.2, 0.25) is 0 Å². The van der Waals surface area contributed by atoms with E-state index < -0.39 is 13.3 Å². The molecule has 0 atom stereocenters. The average Bonchev–Trinajstić information content (AvgIpc) is 3.15. The van der Waals surface area contributed by atoms with Crippen molar-refractivity contribution in [2.24, 2.45) is 0 Å². The second kappa shape index (κ2) is 9.55. The molecular weight excluding hydrogens is 677 g/mol. The van der Waals surface area contributed by atoms with E-state index in [4.69, 9.17) is 4.98 Å². The minimum Gasteiger partial charge on any atom is -0.305 e. The second-order valence-electron chi connectivity index (χ2n) is 9.77. The Kier molecular flexibility index (Phi) is 6.59. The predicted molar refractivity (Wildman–Crippen MR) is 150 cm³/mol. The van der Waals surface area contributed by atoms with Crippen LogP contribution in [0, 0.1) is 26.0 Å². The maximum atomic E-state index is 4.71. The van der Waals surface area contributed by atoms with Gasteiger partial charge in [0, 0.05) is 26.3 Å². The third-order valence-electron chi connectivity index (χ3n) is 7.38. The van der Waals surface area contributed by atoms with Crippen LogP contribution in [0.2, 0.25) is 11.5 Å². The first-order valence-electron chi connectivity index (χ1n) is 12.0. The zero-order valence-electron chi connectivity index (χ0n) is 20.8. The number of hydrogen-bond donors (Lipinski definition) is 0. The SMILES string of the molecule is Cc1cc2c3cccnc3c3[c-]cc[c]4c3c2[c](c1C)[Ge]4([CH3])[CH3].[Ir].[c-]1ccccc1-c1ccccn1. The van der Waals surface area contributed by atoms with Crippen LogP contribution in [0.5, 0.6) is 0 Å². The van der Waals surface area contributed by atoms with Crippen LogP contribution in [-0.4, -0.2) is 23.2 Å². The van der Waals surface area contributed by atoms with E-state index in [1.165, 1.54) is 38.1 Å². The number of fused-ring (bicyclic) bond motifs is 3. The maximum absolute atomic E-state index is 4.71. The van der Waals surface area contributed by atoms with Gasteiger partial charge in [-0.15, -0.1) is 35.9 Å². The molecule has 4 aromatic carbocycles. The standard InChI is InChI=1S/C21H18GeN.C11H8N.Ir/c1-12-11-16-14-8-6-10-23-21(14)15-7-5-9-17-18(15)19(16)20(13(12)2)22(17,3)4;1-2-6-10(7-3-1)11-8-4-5-9-12-11;/h5-6,8-11H,1-4H3;1-6,8-9H;/q2*-1;. The van der Waals surface area contributed by atoms with E-state index in [1.54, 1.807) is 15.0 Å². The first-order chi connectivity index (χ1) is 17.0. The Balaban J connectivity index is 0.000000175. The number of pyridine rings is 2. The molecule has 1 radical (unpaired) electrons. The largest absolute Gasteiger partial charge is 0.305 e. The van der Waals surface area contributed by atoms with Crippen LogP contribution < -0.4 is 8.79 Å². The zero-order chi connectivity index (χ0) is 24.2. The average molecular weight is 703 g/mol. The summed E-state index contributed by atoms with van der Waals surface area (Å²) in [5, 5.41) is 6.81. The van der Waals surface area contributed by atoms with Crippen molar-refractivity contribution in [3.05, 3.63) is 108 Å². The monoisotopic (exact) mass is 705 g/mol. The predicted octanol–water partition coefficient (Wildman–Crippen LogP) is 6.64. The summed E-state index contributed by atoms with van der Waals surface area (Å²) in [6, 6.07) is 31.4. The fourth-order valence-electron chi connectivity index (χ4n) is 5.67. The van der Waals surface area contributed by atoms with Gasteiger partial charge in [-0.05, 0) is 11.8 Å². The minimum absolute atomic E-state index is 0. The molecule has 2 nitrogen and oxygen atoms in total. The Morgan fingerprint density at radius 1 is 0.750 bits per heavy atom. The van der Waals surface area contributed by atoms with Crippen molar-refractivity contribution in [2.75, 3.05) is 0 Å². The van der Waals surface area contributed by atoms with Crippen molar-refractivity contribution in [3.63, 3.8) is 0 Å². The molecule has 0 amide bonds. The van der Waals surface area contributed by atoms with Gasteiger partial charge in [0.15, 0.2) is 0 Å². The summed E-state index contributed by atoms with van der Waals surface area (Å²) < 4.78 is 3.27. The van der Waals surface area contributed by atoms with Gasteiger partial charge in [-0.2, -0.15) is 0 Å². The first-order valence-corrected chi connectivity index (χ1v) is 18.3. The van der Waals surface area contributed by atoms with Gasteiger partial charge in [0.1, 0.15) is 0 Å². The molecule has 4 heteroatoms. The molecule has 179 valence electrons. The van der Waals surface area contributed by atoms with Crippen molar-refractivity contribution in [1.29, 1.82) is 0 Å². The van der Waals surface area contributed by atoms with Gasteiger partial charge in [-0.1, -0.05) is 12.1 Å². The van der Waals surface area contributed by atoms with Gasteiger partial charge >= 0.3 is 139 Å². The Morgan fingerprint density at radius 2 is 1.56 bits per heavy atom. The molecule has 36 heavy (non-hydrogen) atoms. The summed E-state index contributed by atoms with van der Waals surface area (Å²) in [6.07, 6.45) is 3.69. The molecule has 0 spiro atoms. The van der Waals surface area contributed by atoms with E-state index in [1.807, 2.05) is 48.7 Å². The van der Waals surface area contributed by atoms with Crippen LogP contribution in [0.1, 0.15) is 11.1 Å². The molecule has 0 bridgehead atoms. The topological polar surface area (TPSA) is 25.8 Å². The maximum Gasteiger partial charge on any atom is 0.0160 e. The van der Waals surface area contributed by atoms with E-state index in [2.05, 4.69) is 72.8 Å². The number of aryl methyl sites for hydroxylation is 1. The van der Waals surface area contributed by atoms with Gasteiger partial charge in [0.05, 0.1) is 0 Å². The molecule has 0 saturated carbocycles. The van der Waals surface area contributed by atoms with Crippen LogP contribution in [-0.2, 0) is 20.1 Å². The summed E-state index contributed by atoms with van der Waals surface area (Å²) >= 11 is -2.26. The van der Waals surface area contributed by atoms with Crippen LogP contribution in [0.25, 0.3) is 43.7 Å². The third kappa shape index (κ3) is 3.82.